The number of carbonyl (C=O) groups excluding carboxylic acids is 1. The molecule has 0 bridgehead atoms. The van der Waals surface area contributed by atoms with Gasteiger partial charge in [0.15, 0.2) is 4.90 Å². The van der Waals surface area contributed by atoms with E-state index in [1.165, 1.54) is 55.7 Å². The molecule has 5 aliphatic rings. The van der Waals surface area contributed by atoms with Gasteiger partial charge in [-0.25, -0.2) is 9.37 Å². The van der Waals surface area contributed by atoms with E-state index >= 15 is 0 Å². The van der Waals surface area contributed by atoms with E-state index in [2.05, 4.69) is 73.2 Å². The number of fused-ring (bicyclic) bond motifs is 2. The number of aromatic nitrogens is 2. The first-order chi connectivity index (χ1) is 31.0. The lowest BCUT2D eigenvalue weighted by molar-refractivity contribution is -0.0227. The number of likely N-dealkylation sites (tertiary alicyclic amines) is 1. The second-order valence-electron chi connectivity index (χ2n) is 19.1. The van der Waals surface area contributed by atoms with Crippen LogP contribution in [0.3, 0.4) is 0 Å². The molecule has 2 aromatic heterocycles. The highest BCUT2D eigenvalue weighted by Crippen LogP contribution is 2.54. The van der Waals surface area contributed by atoms with Crippen molar-refractivity contribution in [2.24, 2.45) is 11.3 Å². The monoisotopic (exact) mass is 889 g/mol. The molecule has 2 saturated carbocycles. The van der Waals surface area contributed by atoms with Crippen LogP contribution in [0.5, 0.6) is 17.2 Å². The minimum Gasteiger partial charge on any atom is -0.588 e. The van der Waals surface area contributed by atoms with Crippen LogP contribution in [-0.2, 0) is 11.4 Å². The van der Waals surface area contributed by atoms with Crippen LogP contribution in [0, 0.1) is 17.2 Å². The van der Waals surface area contributed by atoms with Crippen molar-refractivity contribution in [1.29, 1.82) is 0 Å². The lowest BCUT2D eigenvalue weighted by Gasteiger charge is -2.56. The molecule has 5 aromatic rings. The third kappa shape index (κ3) is 8.38. The second-order valence-corrected chi connectivity index (χ2v) is 20.4. The van der Waals surface area contributed by atoms with Crippen LogP contribution < -0.4 is 29.7 Å². The maximum absolute atomic E-state index is 14.7. The number of hydrogen-bond acceptors (Lipinski definition) is 10. The highest BCUT2D eigenvalue weighted by Gasteiger charge is 2.50. The lowest BCUT2D eigenvalue weighted by atomic mass is 9.59. The van der Waals surface area contributed by atoms with E-state index in [0.717, 1.165) is 63.0 Å². The number of aliphatic hydroxyl groups excluding tert-OH is 1. The van der Waals surface area contributed by atoms with Gasteiger partial charge in [0.1, 0.15) is 52.4 Å². The lowest BCUT2D eigenvalue weighted by Crippen LogP contribution is -2.54. The van der Waals surface area contributed by atoms with E-state index in [0.29, 0.717) is 57.9 Å². The van der Waals surface area contributed by atoms with Crippen LogP contribution in [0.2, 0.25) is 0 Å². The van der Waals surface area contributed by atoms with Gasteiger partial charge < -0.3 is 39.7 Å². The highest BCUT2D eigenvalue weighted by molar-refractivity contribution is 7.90. The first-order valence-electron chi connectivity index (χ1n) is 23.2. The zero-order valence-electron chi connectivity index (χ0n) is 37.0. The Hall–Kier alpha value is -5.02. The maximum atomic E-state index is 14.7. The number of piperidine rings is 1. The molecule has 14 heteroatoms. The molecule has 1 unspecified atom stereocenters. The Kier molecular flexibility index (Phi) is 11.9. The van der Waals surface area contributed by atoms with E-state index in [1.807, 2.05) is 12.1 Å². The van der Waals surface area contributed by atoms with E-state index in [-0.39, 0.29) is 34.6 Å². The molecule has 2 saturated heterocycles. The van der Waals surface area contributed by atoms with Crippen LogP contribution in [0.15, 0.2) is 78.0 Å². The average Bonchev–Trinajstić information content (AvgIpc) is 3.94. The number of nitrogens with zero attached hydrogens (tertiary/aromatic N) is 3. The van der Waals surface area contributed by atoms with Crippen molar-refractivity contribution in [3.05, 3.63) is 95.6 Å². The largest absolute Gasteiger partial charge is 0.588 e. The fourth-order valence-electron chi connectivity index (χ4n) is 11.4. The van der Waals surface area contributed by atoms with E-state index in [9.17, 15) is 18.8 Å². The number of ether oxygens (including phenoxy) is 2. The zero-order valence-corrected chi connectivity index (χ0v) is 37.8. The summed E-state index contributed by atoms with van der Waals surface area (Å²) >= 11 is -1.96. The summed E-state index contributed by atoms with van der Waals surface area (Å²) in [5, 5.41) is 17.1. The predicted molar refractivity (Wildman–Crippen MR) is 249 cm³/mol. The molecule has 3 aliphatic heterocycles. The summed E-state index contributed by atoms with van der Waals surface area (Å²) in [7, 11) is 1.79. The number of H-pyrrole nitrogens is 1. The number of pyridine rings is 1. The van der Waals surface area contributed by atoms with Gasteiger partial charge in [0.05, 0.1) is 35.0 Å². The number of amides is 1. The predicted octanol–water partition coefficient (Wildman–Crippen LogP) is 9.42. The Bertz CT molecular complexity index is 2480. The Morgan fingerprint density at radius 1 is 1.05 bits per heavy atom. The van der Waals surface area contributed by atoms with Crippen LogP contribution in [0.4, 0.5) is 21.5 Å². The molecule has 3 aromatic carbocycles. The number of anilines is 3. The van der Waals surface area contributed by atoms with Gasteiger partial charge in [-0.1, -0.05) is 38.1 Å². The topological polar surface area (TPSA) is 150 Å². The van der Waals surface area contributed by atoms with Crippen molar-refractivity contribution in [1.82, 2.24) is 19.6 Å². The summed E-state index contributed by atoms with van der Waals surface area (Å²) in [6.45, 7) is 7.99. The van der Waals surface area contributed by atoms with Crippen molar-refractivity contribution in [3.63, 3.8) is 0 Å². The SMILES string of the molecule is CNc1cc([S+]([O-])NC(=O)c2ccc(N3CCC4(CC3)CC(N3CCC[C@H]3c3ccccc3C(C)C)C4)cc2Oc2cnc3[nH]cc(F)c3c2)cc2c1N[C@H](C1CCC(O)CC1)CO2. The number of aromatic amines is 1. The van der Waals surface area contributed by atoms with Crippen LogP contribution in [-0.4, -0.2) is 81.9 Å². The van der Waals surface area contributed by atoms with Gasteiger partial charge in [-0.15, -0.1) is 0 Å². The fraction of sp³-hybridized carbons (Fsp3) is 0.480. The molecule has 64 heavy (non-hydrogen) atoms. The Morgan fingerprint density at radius 3 is 2.62 bits per heavy atom. The van der Waals surface area contributed by atoms with Gasteiger partial charge >= 0.3 is 0 Å². The first kappa shape index (κ1) is 42.9. The molecule has 5 N–H and O–H groups in total. The third-order valence-corrected chi connectivity index (χ3v) is 16.0. The fourth-order valence-corrected chi connectivity index (χ4v) is 12.2. The number of nitrogens with one attached hydrogen (secondary N) is 4. The number of halogens is 1. The second kappa shape index (κ2) is 17.8. The molecular weight excluding hydrogens is 830 g/mol. The smallest absolute Gasteiger partial charge is 0.296 e. The third-order valence-electron chi connectivity index (χ3n) is 15.0. The molecule has 2 aliphatic carbocycles. The van der Waals surface area contributed by atoms with Gasteiger partial charge in [0.25, 0.3) is 5.91 Å². The van der Waals surface area contributed by atoms with Crippen molar-refractivity contribution in [2.45, 2.75) is 113 Å². The summed E-state index contributed by atoms with van der Waals surface area (Å²) in [6, 6.07) is 20.8. The van der Waals surface area contributed by atoms with Crippen molar-refractivity contribution >= 4 is 45.4 Å². The summed E-state index contributed by atoms with van der Waals surface area (Å²) in [5.41, 5.74) is 6.33. The minimum atomic E-state index is -1.96. The van der Waals surface area contributed by atoms with Crippen LogP contribution in [0.1, 0.15) is 112 Å². The van der Waals surface area contributed by atoms with E-state index < -0.39 is 23.1 Å². The summed E-state index contributed by atoms with van der Waals surface area (Å²) < 4.78 is 43.9. The Morgan fingerprint density at radius 2 is 1.84 bits per heavy atom. The molecule has 4 fully saturated rings. The van der Waals surface area contributed by atoms with Gasteiger partial charge in [0, 0.05) is 62.3 Å². The molecule has 1 amide bonds. The normalized spacial score (nSPS) is 23.9. The molecule has 5 heterocycles. The molecular formula is C50H60FN7O5S. The number of hydrogen-bond donors (Lipinski definition) is 5. The standard InChI is InChI=1S/C50H60FN7O5S/c1-30(2)37-7-4-5-8-38(37)44-9-6-18-58(44)33-25-50(26-33)16-19-57(20-17-50)32-12-15-39(45(21-32)63-35-22-40-41(51)28-54-48(40)53-27-35)49(60)56-64(61)36-23-42(52-3)47-46(24-36)62-29-43(55-47)31-10-13-34(59)14-11-31/h4-5,7-8,12,15,21-24,27-28,30-31,33-34,43-44,52,55,59H,6,9-11,13-14,16-20,25-26,29H2,1-3H3,(H,53,54)(H,56,60)/t31?,34?,43-,44-,64?/m0/s1. The van der Waals surface area contributed by atoms with E-state index in [4.69, 9.17) is 9.47 Å². The Labute approximate surface area is 378 Å². The van der Waals surface area contributed by atoms with Crippen molar-refractivity contribution in [2.75, 3.05) is 48.8 Å². The van der Waals surface area contributed by atoms with Crippen LogP contribution >= 0.6 is 0 Å². The van der Waals surface area contributed by atoms with E-state index in [1.54, 1.807) is 31.3 Å². The summed E-state index contributed by atoms with van der Waals surface area (Å²) in [4.78, 5) is 26.8. The van der Waals surface area contributed by atoms with Crippen LogP contribution in [0.25, 0.3) is 11.0 Å². The molecule has 10 rings (SSSR count). The van der Waals surface area contributed by atoms with Crippen molar-refractivity contribution in [3.8, 4) is 17.2 Å². The Balaban J connectivity index is 0.841. The van der Waals surface area contributed by atoms with Gasteiger partial charge in [-0.2, -0.15) is 4.72 Å². The quantitative estimate of drug-likeness (QED) is 0.0813. The number of benzene rings is 3. The molecule has 338 valence electrons. The number of aliphatic hydroxyl groups is 1. The number of rotatable bonds is 11. The minimum absolute atomic E-state index is 0.0947. The number of carbonyl (C=O) groups is 1. The van der Waals surface area contributed by atoms with Gasteiger partial charge in [-0.05, 0) is 117 Å². The zero-order chi connectivity index (χ0) is 44.1. The molecule has 3 atom stereocenters. The first-order valence-corrected chi connectivity index (χ1v) is 24.4. The molecule has 12 nitrogen and oxygen atoms in total. The summed E-state index contributed by atoms with van der Waals surface area (Å²) in [5.74, 6) is 0.932. The van der Waals surface area contributed by atoms with Crippen molar-refractivity contribution < 1.29 is 28.3 Å². The summed E-state index contributed by atoms with van der Waals surface area (Å²) in [6.07, 6.45) is 13.1. The average molecular weight is 890 g/mol. The maximum Gasteiger partial charge on any atom is 0.296 e. The van der Waals surface area contributed by atoms with Gasteiger partial charge in [-0.3, -0.25) is 9.69 Å². The van der Waals surface area contributed by atoms with Gasteiger partial charge in [0.2, 0.25) is 0 Å². The highest BCUT2D eigenvalue weighted by atomic mass is 32.2. The molecule has 1 spiro atoms. The molecule has 0 radical (unpaired) electrons.